The van der Waals surface area contributed by atoms with Gasteiger partial charge in [0.2, 0.25) is 10.0 Å². The molecule has 0 saturated carbocycles. The summed E-state index contributed by atoms with van der Waals surface area (Å²) >= 11 is 0. The smallest absolute Gasteiger partial charge is 0.324 e. The lowest BCUT2D eigenvalue weighted by Gasteiger charge is -2.34. The zero-order valence-electron chi connectivity index (χ0n) is 14.0. The number of methoxy groups -OCH3 is 1. The fraction of sp³-hybridized carbons (Fsp3) is 0.278. The first-order valence-corrected chi connectivity index (χ1v) is 9.25. The number of sulfonamides is 1. The molecule has 0 unspecified atom stereocenters. The number of ether oxygens (including phenoxy) is 1. The molecule has 0 spiro atoms. The molecule has 132 valence electrons. The van der Waals surface area contributed by atoms with E-state index in [1.54, 1.807) is 31.2 Å². The van der Waals surface area contributed by atoms with Gasteiger partial charge in [0.05, 0.1) is 12.0 Å². The number of esters is 1. The zero-order valence-corrected chi connectivity index (χ0v) is 14.8. The van der Waals surface area contributed by atoms with Crippen LogP contribution in [0.1, 0.15) is 16.7 Å². The predicted molar refractivity (Wildman–Crippen MR) is 91.5 cm³/mol. The van der Waals surface area contributed by atoms with Crippen molar-refractivity contribution in [1.82, 2.24) is 4.31 Å². The van der Waals surface area contributed by atoms with E-state index < -0.39 is 22.0 Å². The number of benzene rings is 2. The molecule has 0 amide bonds. The normalized spacial score (nSPS) is 17.8. The lowest BCUT2D eigenvalue weighted by Crippen LogP contribution is -2.49. The van der Waals surface area contributed by atoms with Crippen LogP contribution in [0.4, 0.5) is 0 Å². The van der Waals surface area contributed by atoms with Crippen LogP contribution in [0.3, 0.4) is 0 Å². The van der Waals surface area contributed by atoms with Crippen molar-refractivity contribution in [3.05, 3.63) is 59.2 Å². The van der Waals surface area contributed by atoms with E-state index in [4.69, 9.17) is 4.74 Å². The number of aromatic hydroxyl groups is 1. The lowest BCUT2D eigenvalue weighted by atomic mass is 9.93. The van der Waals surface area contributed by atoms with Crippen molar-refractivity contribution in [2.75, 3.05) is 7.11 Å². The number of hydrogen-bond donors (Lipinski definition) is 1. The minimum Gasteiger partial charge on any atom is -0.507 e. The SMILES string of the molecule is COC(=O)[C@H]1Cc2ccc(C)c(O)c2CN1S(=O)(=O)c1ccccc1. The molecule has 2 aromatic carbocycles. The van der Waals surface area contributed by atoms with Gasteiger partial charge >= 0.3 is 5.97 Å². The second-order valence-corrected chi connectivity index (χ2v) is 7.87. The molecule has 0 radical (unpaired) electrons. The quantitative estimate of drug-likeness (QED) is 0.845. The standard InChI is InChI=1S/C18H19NO5S/c1-12-8-9-13-10-16(18(21)24-2)19(11-15(13)17(12)20)25(22,23)14-6-4-3-5-7-14/h3-9,16,20H,10-11H2,1-2H3/t16-/m1/s1. The molecule has 0 fully saturated rings. The first-order valence-electron chi connectivity index (χ1n) is 7.81. The summed E-state index contributed by atoms with van der Waals surface area (Å²) in [5, 5.41) is 10.3. The number of rotatable bonds is 3. The number of nitrogens with zero attached hydrogens (tertiary/aromatic N) is 1. The van der Waals surface area contributed by atoms with Crippen molar-refractivity contribution in [1.29, 1.82) is 0 Å². The van der Waals surface area contributed by atoms with Crippen LogP contribution in [0.15, 0.2) is 47.4 Å². The third kappa shape index (κ3) is 3.01. The number of hydrogen-bond acceptors (Lipinski definition) is 5. The Labute approximate surface area is 146 Å². The maximum atomic E-state index is 13.1. The Bertz CT molecular complexity index is 909. The third-order valence-electron chi connectivity index (χ3n) is 4.48. The molecule has 1 atom stereocenters. The lowest BCUT2D eigenvalue weighted by molar-refractivity contribution is -0.145. The Morgan fingerprint density at radius 1 is 1.20 bits per heavy atom. The van der Waals surface area contributed by atoms with E-state index in [9.17, 15) is 18.3 Å². The highest BCUT2D eigenvalue weighted by Crippen LogP contribution is 2.35. The number of phenols is 1. The summed E-state index contributed by atoms with van der Waals surface area (Å²) in [4.78, 5) is 12.3. The van der Waals surface area contributed by atoms with E-state index in [1.165, 1.54) is 19.2 Å². The van der Waals surface area contributed by atoms with Crippen LogP contribution in [0.25, 0.3) is 0 Å². The zero-order chi connectivity index (χ0) is 18.2. The van der Waals surface area contributed by atoms with Gasteiger partial charge < -0.3 is 9.84 Å². The summed E-state index contributed by atoms with van der Waals surface area (Å²) in [6, 6.07) is 10.5. The summed E-state index contributed by atoms with van der Waals surface area (Å²) in [5.41, 5.74) is 1.94. The minimum atomic E-state index is -3.92. The van der Waals surface area contributed by atoms with E-state index in [0.717, 1.165) is 9.87 Å². The van der Waals surface area contributed by atoms with Gasteiger partial charge in [-0.3, -0.25) is 4.79 Å². The number of carbonyl (C=O) groups excluding carboxylic acids is 1. The van der Waals surface area contributed by atoms with Crippen LogP contribution >= 0.6 is 0 Å². The van der Waals surface area contributed by atoms with E-state index >= 15 is 0 Å². The molecule has 0 bridgehead atoms. The molecule has 1 heterocycles. The van der Waals surface area contributed by atoms with Crippen molar-refractivity contribution >= 4 is 16.0 Å². The second kappa shape index (κ2) is 6.50. The number of fused-ring (bicyclic) bond motifs is 1. The first kappa shape index (κ1) is 17.4. The van der Waals surface area contributed by atoms with Crippen molar-refractivity contribution in [2.45, 2.75) is 30.8 Å². The molecule has 2 aromatic rings. The van der Waals surface area contributed by atoms with Crippen molar-refractivity contribution < 1.29 is 23.1 Å². The van der Waals surface area contributed by atoms with Crippen LogP contribution < -0.4 is 0 Å². The Morgan fingerprint density at radius 3 is 2.52 bits per heavy atom. The van der Waals surface area contributed by atoms with E-state index in [1.807, 2.05) is 6.07 Å². The Hall–Kier alpha value is -2.38. The average Bonchev–Trinajstić information content (AvgIpc) is 2.64. The van der Waals surface area contributed by atoms with Gasteiger partial charge in [-0.1, -0.05) is 30.3 Å². The molecule has 0 aliphatic carbocycles. The first-order chi connectivity index (χ1) is 11.9. The maximum absolute atomic E-state index is 13.1. The molecule has 1 N–H and O–H groups in total. The topological polar surface area (TPSA) is 83.9 Å². The van der Waals surface area contributed by atoms with E-state index in [-0.39, 0.29) is 23.6 Å². The molecular weight excluding hydrogens is 342 g/mol. The van der Waals surface area contributed by atoms with Gasteiger partial charge in [0.15, 0.2) is 0 Å². The highest BCUT2D eigenvalue weighted by atomic mass is 32.2. The number of carbonyl (C=O) groups is 1. The minimum absolute atomic E-state index is 0.0640. The number of phenolic OH excluding ortho intramolecular Hbond substituents is 1. The van der Waals surface area contributed by atoms with Crippen LogP contribution in [-0.4, -0.2) is 37.0 Å². The van der Waals surface area contributed by atoms with Gasteiger partial charge in [-0.25, -0.2) is 8.42 Å². The predicted octanol–water partition coefficient (Wildman–Crippen LogP) is 1.99. The maximum Gasteiger partial charge on any atom is 0.324 e. The molecule has 1 aliphatic rings. The summed E-state index contributed by atoms with van der Waals surface area (Å²) in [7, 11) is -2.68. The van der Waals surface area contributed by atoms with Gasteiger partial charge in [-0.05, 0) is 30.2 Å². The van der Waals surface area contributed by atoms with E-state index in [0.29, 0.717) is 11.1 Å². The monoisotopic (exact) mass is 361 g/mol. The second-order valence-electron chi connectivity index (χ2n) is 5.98. The van der Waals surface area contributed by atoms with E-state index in [2.05, 4.69) is 0 Å². The van der Waals surface area contributed by atoms with Crippen molar-refractivity contribution in [3.63, 3.8) is 0 Å². The highest BCUT2D eigenvalue weighted by Gasteiger charge is 2.41. The summed E-state index contributed by atoms with van der Waals surface area (Å²) in [6.45, 7) is 1.66. The van der Waals surface area contributed by atoms with Crippen LogP contribution in [0, 0.1) is 6.92 Å². The number of aryl methyl sites for hydroxylation is 1. The van der Waals surface area contributed by atoms with Gasteiger partial charge in [0.25, 0.3) is 0 Å². The Balaban J connectivity index is 2.12. The fourth-order valence-corrected chi connectivity index (χ4v) is 4.62. The van der Waals surface area contributed by atoms with Gasteiger partial charge in [-0.15, -0.1) is 0 Å². The molecule has 0 saturated heterocycles. The van der Waals surface area contributed by atoms with Gasteiger partial charge in [-0.2, -0.15) is 4.31 Å². The third-order valence-corrected chi connectivity index (χ3v) is 6.35. The molecule has 25 heavy (non-hydrogen) atoms. The summed E-state index contributed by atoms with van der Waals surface area (Å²) < 4.78 is 32.0. The molecule has 7 heteroatoms. The van der Waals surface area contributed by atoms with Crippen molar-refractivity contribution in [3.8, 4) is 5.75 Å². The van der Waals surface area contributed by atoms with Crippen molar-refractivity contribution in [2.24, 2.45) is 0 Å². The fourth-order valence-electron chi connectivity index (χ4n) is 3.06. The average molecular weight is 361 g/mol. The molecule has 0 aromatic heterocycles. The molecular formula is C18H19NO5S. The van der Waals surface area contributed by atoms with Crippen LogP contribution in [-0.2, 0) is 32.5 Å². The van der Waals surface area contributed by atoms with Gasteiger partial charge in [0, 0.05) is 18.5 Å². The molecule has 3 rings (SSSR count). The molecule has 6 nitrogen and oxygen atoms in total. The Morgan fingerprint density at radius 2 is 1.88 bits per heavy atom. The summed E-state index contributed by atoms with van der Waals surface area (Å²) in [5.74, 6) is -0.556. The van der Waals surface area contributed by atoms with Crippen LogP contribution in [0.2, 0.25) is 0 Å². The summed E-state index contributed by atoms with van der Waals surface area (Å²) in [6.07, 6.45) is 0.155. The highest BCUT2D eigenvalue weighted by molar-refractivity contribution is 7.89. The Kier molecular flexibility index (Phi) is 4.53. The van der Waals surface area contributed by atoms with Crippen LogP contribution in [0.5, 0.6) is 5.75 Å². The largest absolute Gasteiger partial charge is 0.507 e. The van der Waals surface area contributed by atoms with Gasteiger partial charge in [0.1, 0.15) is 11.8 Å². The molecule has 1 aliphatic heterocycles.